The van der Waals surface area contributed by atoms with Gasteiger partial charge in [0, 0.05) is 10.6 Å². The molecule has 2 unspecified atom stereocenters. The van der Waals surface area contributed by atoms with Gasteiger partial charge in [-0.25, -0.2) is 0 Å². The van der Waals surface area contributed by atoms with Crippen molar-refractivity contribution in [3.63, 3.8) is 0 Å². The van der Waals surface area contributed by atoms with Crippen molar-refractivity contribution in [3.05, 3.63) is 73.3 Å². The minimum atomic E-state index is -3.10. The number of amides is 1. The van der Waals surface area contributed by atoms with Crippen LogP contribution in [0.25, 0.3) is 0 Å². The van der Waals surface area contributed by atoms with E-state index >= 15 is 0 Å². The monoisotopic (exact) mass is 345 g/mol. The van der Waals surface area contributed by atoms with Crippen molar-refractivity contribution in [2.45, 2.75) is 17.7 Å². The van der Waals surface area contributed by atoms with Gasteiger partial charge in [-0.1, -0.05) is 78.8 Å². The topological polar surface area (TPSA) is 37.1 Å². The summed E-state index contributed by atoms with van der Waals surface area (Å²) in [5.41, 5.74) is 0. The van der Waals surface area contributed by atoms with E-state index in [-0.39, 0.29) is 5.91 Å². The lowest BCUT2D eigenvalue weighted by atomic mass is 10.4. The molecule has 23 heavy (non-hydrogen) atoms. The molecule has 0 spiro atoms. The summed E-state index contributed by atoms with van der Waals surface area (Å²) in [7, 11) is -3.10. The minimum absolute atomic E-state index is 0.306. The molecule has 1 saturated heterocycles. The first kappa shape index (κ1) is 16.0. The molecular formula is C18H17ClNO2P. The third-order valence-electron chi connectivity index (χ3n) is 4.16. The second-order valence-electron chi connectivity index (χ2n) is 5.64. The van der Waals surface area contributed by atoms with Gasteiger partial charge in [0.25, 0.3) is 0 Å². The Morgan fingerprint density at radius 1 is 1.13 bits per heavy atom. The highest BCUT2D eigenvalue weighted by atomic mass is 35.5. The molecule has 0 aliphatic carbocycles. The maximum absolute atomic E-state index is 14.1. The van der Waals surface area contributed by atoms with Gasteiger partial charge in [-0.15, -0.1) is 0 Å². The summed E-state index contributed by atoms with van der Waals surface area (Å²) in [4.78, 5) is 12.6. The van der Waals surface area contributed by atoms with Crippen molar-refractivity contribution in [1.29, 1.82) is 0 Å². The second-order valence-corrected chi connectivity index (χ2v) is 9.24. The van der Waals surface area contributed by atoms with Crippen LogP contribution in [0, 0.1) is 0 Å². The van der Waals surface area contributed by atoms with Crippen molar-refractivity contribution in [2.24, 2.45) is 0 Å². The molecule has 1 fully saturated rings. The van der Waals surface area contributed by atoms with Crippen LogP contribution in [-0.2, 0) is 9.36 Å². The van der Waals surface area contributed by atoms with Crippen LogP contribution in [0.15, 0.2) is 73.3 Å². The molecule has 2 aromatic rings. The van der Waals surface area contributed by atoms with E-state index in [0.717, 1.165) is 0 Å². The highest BCUT2D eigenvalue weighted by molar-refractivity contribution is 7.79. The molecule has 2 aromatic carbocycles. The van der Waals surface area contributed by atoms with E-state index in [2.05, 4.69) is 6.58 Å². The summed E-state index contributed by atoms with van der Waals surface area (Å²) in [5, 5.41) is 1.39. The SMILES string of the molecule is C=CC(=O)N1C(P(=O)(c2ccccc2)c2ccccc2)C1(C)Cl. The molecule has 0 N–H and O–H groups in total. The van der Waals surface area contributed by atoms with Gasteiger partial charge in [0.05, 0.1) is 0 Å². The number of hydrogen-bond donors (Lipinski definition) is 0. The molecule has 1 aliphatic heterocycles. The lowest BCUT2D eigenvalue weighted by Crippen LogP contribution is -2.23. The number of halogens is 1. The maximum Gasteiger partial charge on any atom is 0.248 e. The number of benzene rings is 2. The van der Waals surface area contributed by atoms with E-state index in [1.807, 2.05) is 60.7 Å². The third kappa shape index (κ3) is 2.45. The van der Waals surface area contributed by atoms with Gasteiger partial charge < -0.3 is 9.46 Å². The van der Waals surface area contributed by atoms with Gasteiger partial charge >= 0.3 is 0 Å². The van der Waals surface area contributed by atoms with Crippen LogP contribution in [0.5, 0.6) is 0 Å². The van der Waals surface area contributed by atoms with Crippen molar-refractivity contribution in [2.75, 3.05) is 0 Å². The first-order valence-electron chi connectivity index (χ1n) is 7.29. The fourth-order valence-electron chi connectivity index (χ4n) is 3.01. The van der Waals surface area contributed by atoms with Gasteiger partial charge in [0.2, 0.25) is 5.91 Å². The Hall–Kier alpha value is -1.83. The molecule has 0 saturated carbocycles. The number of alkyl halides is 1. The molecule has 0 bridgehead atoms. The first-order valence-corrected chi connectivity index (χ1v) is 9.45. The van der Waals surface area contributed by atoms with Crippen LogP contribution in [0.3, 0.4) is 0 Å². The molecule has 3 rings (SSSR count). The highest BCUT2D eigenvalue weighted by Crippen LogP contribution is 2.66. The van der Waals surface area contributed by atoms with E-state index < -0.39 is 17.9 Å². The Balaban J connectivity index is 2.18. The standard InChI is InChI=1S/C18H17ClNO2P/c1-3-16(21)20-17(18(20,2)19)23(22,14-10-6-4-7-11-14)15-12-8-5-9-13-15/h3-13,17H,1H2,2H3. The minimum Gasteiger partial charge on any atom is -0.311 e. The molecule has 0 aromatic heterocycles. The molecular weight excluding hydrogens is 329 g/mol. The molecule has 118 valence electrons. The fourth-order valence-corrected chi connectivity index (χ4v) is 7.21. The smallest absolute Gasteiger partial charge is 0.248 e. The summed E-state index contributed by atoms with van der Waals surface area (Å²) >= 11 is 6.52. The Bertz CT molecular complexity index is 746. The normalized spacial score (nSPS) is 23.4. The van der Waals surface area contributed by atoms with Crippen LogP contribution in [0.1, 0.15) is 6.92 Å². The van der Waals surface area contributed by atoms with Gasteiger partial charge in [0.1, 0.15) is 10.8 Å². The number of carbonyl (C=O) groups is 1. The van der Waals surface area contributed by atoms with Crippen molar-refractivity contribution in [1.82, 2.24) is 4.90 Å². The Labute approximate surface area is 140 Å². The number of rotatable bonds is 4. The zero-order valence-corrected chi connectivity index (χ0v) is 14.4. The lowest BCUT2D eigenvalue weighted by Gasteiger charge is -2.19. The summed E-state index contributed by atoms with van der Waals surface area (Å²) in [6.45, 7) is 5.23. The van der Waals surface area contributed by atoms with E-state index in [1.54, 1.807) is 6.92 Å². The Morgan fingerprint density at radius 3 is 1.96 bits per heavy atom. The van der Waals surface area contributed by atoms with Crippen LogP contribution < -0.4 is 10.6 Å². The van der Waals surface area contributed by atoms with Crippen molar-refractivity contribution >= 4 is 35.3 Å². The van der Waals surface area contributed by atoms with E-state index in [4.69, 9.17) is 11.6 Å². The van der Waals surface area contributed by atoms with Gasteiger partial charge in [-0.3, -0.25) is 4.79 Å². The third-order valence-corrected chi connectivity index (χ3v) is 8.25. The van der Waals surface area contributed by atoms with Gasteiger partial charge in [-0.2, -0.15) is 0 Å². The summed E-state index contributed by atoms with van der Waals surface area (Å²) in [5.74, 6) is -0.883. The largest absolute Gasteiger partial charge is 0.311 e. The van der Waals surface area contributed by atoms with Crippen LogP contribution in [0.2, 0.25) is 0 Å². The average Bonchev–Trinajstić information content (AvgIpc) is 3.18. The molecule has 1 aliphatic rings. The molecule has 2 atom stereocenters. The second kappa shape index (κ2) is 5.67. The number of carbonyl (C=O) groups excluding carboxylic acids is 1. The van der Waals surface area contributed by atoms with Crippen LogP contribution in [-0.4, -0.2) is 21.6 Å². The highest BCUT2D eigenvalue weighted by Gasteiger charge is 2.69. The zero-order chi connectivity index (χ0) is 16.7. The van der Waals surface area contributed by atoms with Gasteiger partial charge in [0.15, 0.2) is 7.14 Å². The average molecular weight is 346 g/mol. The number of nitrogens with zero attached hydrogens (tertiary/aromatic N) is 1. The maximum atomic E-state index is 14.1. The van der Waals surface area contributed by atoms with Crippen LogP contribution >= 0.6 is 18.7 Å². The van der Waals surface area contributed by atoms with E-state index in [9.17, 15) is 9.36 Å². The molecule has 1 amide bonds. The summed E-state index contributed by atoms with van der Waals surface area (Å²) < 4.78 is 14.1. The lowest BCUT2D eigenvalue weighted by molar-refractivity contribution is -0.121. The molecule has 3 nitrogen and oxygen atoms in total. The van der Waals surface area contributed by atoms with Gasteiger partial charge in [-0.05, 0) is 13.0 Å². The Morgan fingerprint density at radius 2 is 1.57 bits per heavy atom. The molecule has 5 heteroatoms. The summed E-state index contributed by atoms with van der Waals surface area (Å²) in [6, 6.07) is 18.4. The molecule has 1 heterocycles. The number of hydrogen-bond acceptors (Lipinski definition) is 2. The van der Waals surface area contributed by atoms with Crippen molar-refractivity contribution < 1.29 is 9.36 Å². The van der Waals surface area contributed by atoms with Crippen molar-refractivity contribution in [3.8, 4) is 0 Å². The predicted molar refractivity (Wildman–Crippen MR) is 94.8 cm³/mol. The first-order chi connectivity index (χ1) is 10.9. The fraction of sp³-hybridized carbons (Fsp3) is 0.167. The van der Waals surface area contributed by atoms with Crippen LogP contribution in [0.4, 0.5) is 0 Å². The predicted octanol–water partition coefficient (Wildman–Crippen LogP) is 3.31. The quantitative estimate of drug-likeness (QED) is 0.280. The van der Waals surface area contributed by atoms with E-state index in [0.29, 0.717) is 10.6 Å². The van der Waals surface area contributed by atoms with E-state index in [1.165, 1.54) is 11.0 Å². The molecule has 0 radical (unpaired) electrons. The summed E-state index contributed by atoms with van der Waals surface area (Å²) in [6.07, 6.45) is 1.21. The Kier molecular flexibility index (Phi) is 3.95. The zero-order valence-electron chi connectivity index (χ0n) is 12.7.